The molecule has 0 bridgehead atoms. The van der Waals surface area contributed by atoms with Gasteiger partial charge in [-0.1, -0.05) is 42.5 Å². The Morgan fingerprint density at radius 3 is 2.39 bits per heavy atom. The minimum atomic E-state index is -3.19. The molecule has 0 spiro atoms. The van der Waals surface area contributed by atoms with Crippen LogP contribution in [0.5, 0.6) is 0 Å². The quantitative estimate of drug-likeness (QED) is 0.823. The second-order valence-electron chi connectivity index (χ2n) is 6.08. The maximum Gasteiger partial charge on any atom is 0.175 e. The van der Waals surface area contributed by atoms with Gasteiger partial charge in [0.05, 0.1) is 17.0 Å². The van der Waals surface area contributed by atoms with Crippen molar-refractivity contribution in [3.05, 3.63) is 65.7 Å². The van der Waals surface area contributed by atoms with Crippen LogP contribution in [0, 0.1) is 0 Å². The summed E-state index contributed by atoms with van der Waals surface area (Å²) >= 11 is 0. The number of nitrogens with zero attached hydrogens (tertiary/aromatic N) is 1. The second-order valence-corrected chi connectivity index (χ2v) is 8.10. The Hall–Kier alpha value is -1.69. The average Bonchev–Trinajstić information content (AvgIpc) is 3.32. The summed E-state index contributed by atoms with van der Waals surface area (Å²) in [6.45, 7) is 1.80. The summed E-state index contributed by atoms with van der Waals surface area (Å²) in [5.74, 6) is 0. The molecular formula is C18H21NO3S. The van der Waals surface area contributed by atoms with Gasteiger partial charge in [0.15, 0.2) is 9.84 Å². The van der Waals surface area contributed by atoms with Crippen molar-refractivity contribution in [2.75, 3.05) is 19.3 Å². The topological polar surface area (TPSA) is 57.4 Å². The fourth-order valence-electron chi connectivity index (χ4n) is 2.80. The zero-order valence-electron chi connectivity index (χ0n) is 13.1. The van der Waals surface area contributed by atoms with Crippen LogP contribution in [0.15, 0.2) is 59.5 Å². The zero-order chi connectivity index (χ0) is 16.4. The first-order valence-electron chi connectivity index (χ1n) is 7.71. The minimum Gasteiger partial charge on any atom is -0.387 e. The Morgan fingerprint density at radius 1 is 1.13 bits per heavy atom. The number of aliphatic hydroxyl groups excluding tert-OH is 1. The van der Waals surface area contributed by atoms with Crippen LogP contribution in [-0.2, 0) is 16.3 Å². The molecule has 4 nitrogen and oxygen atoms in total. The number of hydrogen-bond donors (Lipinski definition) is 1. The first-order chi connectivity index (χ1) is 10.9. The lowest BCUT2D eigenvalue weighted by atomic mass is 10.1. The highest BCUT2D eigenvalue weighted by atomic mass is 32.2. The Labute approximate surface area is 137 Å². The monoisotopic (exact) mass is 331 g/mol. The van der Waals surface area contributed by atoms with Crippen LogP contribution >= 0.6 is 0 Å². The van der Waals surface area contributed by atoms with E-state index in [9.17, 15) is 13.5 Å². The summed E-state index contributed by atoms with van der Waals surface area (Å²) in [6.07, 6.45) is 1.58. The smallest absolute Gasteiger partial charge is 0.175 e. The van der Waals surface area contributed by atoms with E-state index in [0.717, 1.165) is 25.1 Å². The first-order valence-corrected chi connectivity index (χ1v) is 9.60. The highest BCUT2D eigenvalue weighted by Gasteiger charge is 2.39. The maximum absolute atomic E-state index is 11.5. The molecule has 1 heterocycles. The van der Waals surface area contributed by atoms with Gasteiger partial charge < -0.3 is 5.11 Å². The molecule has 1 saturated heterocycles. The fraction of sp³-hybridized carbons (Fsp3) is 0.333. The molecular weight excluding hydrogens is 310 g/mol. The number of rotatable bonds is 6. The number of aliphatic hydroxyl groups is 1. The molecule has 1 fully saturated rings. The van der Waals surface area contributed by atoms with E-state index in [4.69, 9.17) is 0 Å². The molecule has 2 aromatic rings. The molecule has 5 heteroatoms. The van der Waals surface area contributed by atoms with E-state index >= 15 is 0 Å². The summed E-state index contributed by atoms with van der Waals surface area (Å²) in [5, 5.41) is 10.4. The van der Waals surface area contributed by atoms with E-state index in [1.54, 1.807) is 24.3 Å². The first kappa shape index (κ1) is 16.2. The van der Waals surface area contributed by atoms with Crippen molar-refractivity contribution in [2.24, 2.45) is 0 Å². The van der Waals surface area contributed by atoms with Crippen LogP contribution in [0.3, 0.4) is 0 Å². The number of sulfone groups is 1. The van der Waals surface area contributed by atoms with Crippen LogP contribution < -0.4 is 0 Å². The summed E-state index contributed by atoms with van der Waals surface area (Å²) < 4.78 is 22.9. The van der Waals surface area contributed by atoms with Gasteiger partial charge in [0.2, 0.25) is 0 Å². The molecule has 122 valence electrons. The van der Waals surface area contributed by atoms with Crippen molar-refractivity contribution < 1.29 is 13.5 Å². The van der Waals surface area contributed by atoms with Crippen molar-refractivity contribution >= 4 is 9.84 Å². The minimum absolute atomic E-state index is 0.128. The van der Waals surface area contributed by atoms with Gasteiger partial charge in [-0.05, 0) is 29.7 Å². The normalized spacial score (nSPS) is 21.8. The summed E-state index contributed by atoms with van der Waals surface area (Å²) in [6, 6.07) is 17.0. The van der Waals surface area contributed by atoms with Crippen molar-refractivity contribution in [1.29, 1.82) is 0 Å². The number of benzene rings is 2. The molecule has 3 rings (SSSR count). The van der Waals surface area contributed by atoms with Crippen molar-refractivity contribution in [1.82, 2.24) is 4.90 Å². The molecule has 0 aromatic heterocycles. The van der Waals surface area contributed by atoms with Crippen LogP contribution in [0.2, 0.25) is 0 Å². The van der Waals surface area contributed by atoms with Gasteiger partial charge in [-0.2, -0.15) is 0 Å². The van der Waals surface area contributed by atoms with Crippen LogP contribution in [0.1, 0.15) is 17.2 Å². The molecule has 1 N–H and O–H groups in total. The summed E-state index contributed by atoms with van der Waals surface area (Å²) in [5.41, 5.74) is 2.06. The van der Waals surface area contributed by atoms with Gasteiger partial charge in [0, 0.05) is 19.3 Å². The molecule has 0 saturated carbocycles. The van der Waals surface area contributed by atoms with E-state index < -0.39 is 15.9 Å². The van der Waals surface area contributed by atoms with Crippen molar-refractivity contribution in [3.63, 3.8) is 0 Å². The van der Waals surface area contributed by atoms with Crippen LogP contribution in [-0.4, -0.2) is 43.8 Å². The molecule has 0 aliphatic carbocycles. The van der Waals surface area contributed by atoms with Gasteiger partial charge in [-0.3, -0.25) is 4.90 Å². The molecule has 1 aliphatic heterocycles. The fourth-order valence-corrected chi connectivity index (χ4v) is 3.43. The highest BCUT2D eigenvalue weighted by molar-refractivity contribution is 7.90. The molecule has 2 aromatic carbocycles. The Kier molecular flexibility index (Phi) is 4.53. The van der Waals surface area contributed by atoms with E-state index in [-0.39, 0.29) is 10.9 Å². The van der Waals surface area contributed by atoms with Crippen molar-refractivity contribution in [2.45, 2.75) is 23.5 Å². The third kappa shape index (κ3) is 3.99. The lowest BCUT2D eigenvalue weighted by Gasteiger charge is -2.12. The molecule has 0 amide bonds. The molecule has 3 unspecified atom stereocenters. The standard InChI is InChI=1S/C18H21NO3S/c1-23(21,22)16-9-7-15(8-10-16)18(20)17-13-19(17)12-11-14-5-3-2-4-6-14/h2-10,17-18,20H,11-13H2,1H3. The highest BCUT2D eigenvalue weighted by Crippen LogP contribution is 2.31. The zero-order valence-corrected chi connectivity index (χ0v) is 13.9. The Morgan fingerprint density at radius 2 is 1.78 bits per heavy atom. The van der Waals surface area contributed by atoms with Crippen molar-refractivity contribution in [3.8, 4) is 0 Å². The van der Waals surface area contributed by atoms with Gasteiger partial charge in [-0.15, -0.1) is 0 Å². The third-order valence-electron chi connectivity index (χ3n) is 4.30. The predicted octanol–water partition coefficient (Wildman–Crippen LogP) is 2.05. The van der Waals surface area contributed by atoms with E-state index in [0.29, 0.717) is 0 Å². The van der Waals surface area contributed by atoms with Crippen LogP contribution in [0.25, 0.3) is 0 Å². The average molecular weight is 331 g/mol. The van der Waals surface area contributed by atoms with Gasteiger partial charge in [0.25, 0.3) is 0 Å². The largest absolute Gasteiger partial charge is 0.387 e. The lowest BCUT2D eigenvalue weighted by Crippen LogP contribution is -2.14. The molecule has 1 aliphatic rings. The van der Waals surface area contributed by atoms with Gasteiger partial charge in [-0.25, -0.2) is 8.42 Å². The van der Waals surface area contributed by atoms with Gasteiger partial charge >= 0.3 is 0 Å². The van der Waals surface area contributed by atoms with E-state index in [2.05, 4.69) is 17.0 Å². The number of hydrogen-bond acceptors (Lipinski definition) is 4. The second kappa shape index (κ2) is 6.43. The maximum atomic E-state index is 11.5. The summed E-state index contributed by atoms with van der Waals surface area (Å²) in [4.78, 5) is 2.52. The van der Waals surface area contributed by atoms with Gasteiger partial charge in [0.1, 0.15) is 0 Å². The molecule has 3 atom stereocenters. The Bertz CT molecular complexity index is 757. The van der Waals surface area contributed by atoms with Crippen LogP contribution in [0.4, 0.5) is 0 Å². The van der Waals surface area contributed by atoms with E-state index in [1.165, 1.54) is 11.8 Å². The molecule has 23 heavy (non-hydrogen) atoms. The van der Waals surface area contributed by atoms with E-state index in [1.807, 2.05) is 18.2 Å². The lowest BCUT2D eigenvalue weighted by molar-refractivity contribution is 0.158. The Balaban J connectivity index is 1.56. The SMILES string of the molecule is CS(=O)(=O)c1ccc(C(O)C2CN2CCc2ccccc2)cc1. The third-order valence-corrected chi connectivity index (χ3v) is 5.43. The predicted molar refractivity (Wildman–Crippen MR) is 90.0 cm³/mol. The summed E-state index contributed by atoms with van der Waals surface area (Å²) in [7, 11) is -3.19. The molecule has 0 radical (unpaired) electrons.